The molecule has 2 heterocycles. The molecule has 0 aromatic heterocycles. The van der Waals surface area contributed by atoms with Crippen LogP contribution in [0.15, 0.2) is 12.1 Å². The molecule has 24 heavy (non-hydrogen) atoms. The summed E-state index contributed by atoms with van der Waals surface area (Å²) in [5.41, 5.74) is 3.74. The summed E-state index contributed by atoms with van der Waals surface area (Å²) in [5, 5.41) is 11.2. The van der Waals surface area contributed by atoms with Crippen molar-refractivity contribution in [3.8, 4) is 0 Å². The molecule has 0 atom stereocenters. The molecule has 1 spiro atoms. The summed E-state index contributed by atoms with van der Waals surface area (Å²) in [7, 11) is 0. The minimum absolute atomic E-state index is 0.253. The van der Waals surface area contributed by atoms with Gasteiger partial charge in [-0.3, -0.25) is 10.1 Å². The number of aryl methyl sites for hydroxylation is 2. The fraction of sp³-hybridized carbons (Fsp3) is 0.667. The van der Waals surface area contributed by atoms with Crippen molar-refractivity contribution in [1.82, 2.24) is 4.90 Å². The Bertz CT molecular complexity index is 619. The van der Waals surface area contributed by atoms with Gasteiger partial charge in [-0.05, 0) is 43.2 Å². The number of hydrogen-bond acceptors (Lipinski definition) is 4. The largest absolute Gasteiger partial charge is 0.371 e. The van der Waals surface area contributed by atoms with Gasteiger partial charge in [-0.1, -0.05) is 6.92 Å². The summed E-state index contributed by atoms with van der Waals surface area (Å²) >= 11 is 5.82. The first-order valence-electron chi connectivity index (χ1n) is 8.79. The predicted octanol–water partition coefficient (Wildman–Crippen LogP) is 3.61. The van der Waals surface area contributed by atoms with Gasteiger partial charge in [0.1, 0.15) is 0 Å². The number of halogens is 1. The molecule has 132 valence electrons. The minimum atomic E-state index is -0.263. The van der Waals surface area contributed by atoms with E-state index in [2.05, 4.69) is 9.80 Å². The van der Waals surface area contributed by atoms with E-state index in [9.17, 15) is 10.1 Å². The number of nitro groups is 1. The fourth-order valence-corrected chi connectivity index (χ4v) is 4.48. The van der Waals surface area contributed by atoms with Crippen molar-refractivity contribution >= 4 is 23.0 Å². The van der Waals surface area contributed by atoms with Crippen molar-refractivity contribution in [3.05, 3.63) is 33.4 Å². The zero-order chi connectivity index (χ0) is 17.3. The van der Waals surface area contributed by atoms with Crippen LogP contribution in [0.4, 0.5) is 11.4 Å². The lowest BCUT2D eigenvalue weighted by atomic mass is 9.72. The van der Waals surface area contributed by atoms with Crippen molar-refractivity contribution < 1.29 is 4.92 Å². The highest BCUT2D eigenvalue weighted by Gasteiger charge is 2.44. The topological polar surface area (TPSA) is 49.6 Å². The SMILES string of the molecule is CCc1cc(N2CCC3(CC2)CN(CCCl)C3)c(C)cc1[N+](=O)[O-]. The Morgan fingerprint density at radius 3 is 2.50 bits per heavy atom. The Morgan fingerprint density at radius 1 is 1.29 bits per heavy atom. The van der Waals surface area contributed by atoms with Gasteiger partial charge in [-0.25, -0.2) is 0 Å². The second-order valence-electron chi connectivity index (χ2n) is 7.26. The monoisotopic (exact) mass is 351 g/mol. The third kappa shape index (κ3) is 3.24. The molecule has 0 bridgehead atoms. The third-order valence-corrected chi connectivity index (χ3v) is 5.83. The predicted molar refractivity (Wildman–Crippen MR) is 98.3 cm³/mol. The van der Waals surface area contributed by atoms with Crippen LogP contribution in [0, 0.1) is 22.5 Å². The summed E-state index contributed by atoms with van der Waals surface area (Å²) < 4.78 is 0. The highest BCUT2D eigenvalue weighted by Crippen LogP contribution is 2.42. The molecule has 0 amide bonds. The maximum atomic E-state index is 11.2. The quantitative estimate of drug-likeness (QED) is 0.462. The molecule has 0 radical (unpaired) electrons. The average molecular weight is 352 g/mol. The molecule has 6 heteroatoms. The Hall–Kier alpha value is -1.33. The van der Waals surface area contributed by atoms with Crippen LogP contribution in [-0.4, -0.2) is 48.4 Å². The van der Waals surface area contributed by atoms with Crippen molar-refractivity contribution in [3.63, 3.8) is 0 Å². The van der Waals surface area contributed by atoms with Gasteiger partial charge in [0.25, 0.3) is 5.69 Å². The van der Waals surface area contributed by atoms with Gasteiger partial charge in [0, 0.05) is 55.9 Å². The number of hydrogen-bond donors (Lipinski definition) is 0. The van der Waals surface area contributed by atoms with E-state index in [-0.39, 0.29) is 10.6 Å². The Labute approximate surface area is 148 Å². The zero-order valence-electron chi connectivity index (χ0n) is 14.6. The van der Waals surface area contributed by atoms with E-state index in [1.165, 1.54) is 31.6 Å². The summed E-state index contributed by atoms with van der Waals surface area (Å²) in [6.07, 6.45) is 3.09. The van der Waals surface area contributed by atoms with Crippen molar-refractivity contribution in [1.29, 1.82) is 0 Å². The first-order chi connectivity index (χ1) is 11.5. The lowest BCUT2D eigenvalue weighted by molar-refractivity contribution is -0.385. The number of alkyl halides is 1. The lowest BCUT2D eigenvalue weighted by Crippen LogP contribution is -2.60. The van der Waals surface area contributed by atoms with E-state index in [1.54, 1.807) is 6.07 Å². The smallest absolute Gasteiger partial charge is 0.272 e. The summed E-state index contributed by atoms with van der Waals surface area (Å²) in [6, 6.07) is 3.77. The molecule has 0 N–H and O–H groups in total. The van der Waals surface area contributed by atoms with Gasteiger partial charge < -0.3 is 9.80 Å². The summed E-state index contributed by atoms with van der Waals surface area (Å²) in [4.78, 5) is 15.8. The van der Waals surface area contributed by atoms with Gasteiger partial charge in [-0.2, -0.15) is 0 Å². The third-order valence-electron chi connectivity index (χ3n) is 5.66. The summed E-state index contributed by atoms with van der Waals surface area (Å²) in [6.45, 7) is 9.38. The average Bonchev–Trinajstić information content (AvgIpc) is 2.54. The molecule has 5 nitrogen and oxygen atoms in total. The van der Waals surface area contributed by atoms with Gasteiger partial charge >= 0.3 is 0 Å². The van der Waals surface area contributed by atoms with E-state index in [1.807, 2.05) is 19.9 Å². The van der Waals surface area contributed by atoms with Crippen LogP contribution in [0.2, 0.25) is 0 Å². The van der Waals surface area contributed by atoms with E-state index in [4.69, 9.17) is 11.6 Å². The first-order valence-corrected chi connectivity index (χ1v) is 9.32. The molecule has 3 rings (SSSR count). The maximum Gasteiger partial charge on any atom is 0.272 e. The molecule has 2 aliphatic rings. The second-order valence-corrected chi connectivity index (χ2v) is 7.64. The van der Waals surface area contributed by atoms with E-state index in [0.29, 0.717) is 17.7 Å². The zero-order valence-corrected chi connectivity index (χ0v) is 15.3. The van der Waals surface area contributed by atoms with Gasteiger partial charge in [-0.15, -0.1) is 11.6 Å². The molecule has 2 fully saturated rings. The second kappa shape index (κ2) is 6.89. The Balaban J connectivity index is 1.70. The normalized spacial score (nSPS) is 20.2. The van der Waals surface area contributed by atoms with Crippen LogP contribution in [-0.2, 0) is 6.42 Å². The molecule has 0 aliphatic carbocycles. The van der Waals surface area contributed by atoms with E-state index in [0.717, 1.165) is 30.8 Å². The van der Waals surface area contributed by atoms with E-state index >= 15 is 0 Å². The highest BCUT2D eigenvalue weighted by molar-refractivity contribution is 6.18. The van der Waals surface area contributed by atoms with E-state index < -0.39 is 0 Å². The highest BCUT2D eigenvalue weighted by atomic mass is 35.5. The van der Waals surface area contributed by atoms with Crippen LogP contribution in [0.5, 0.6) is 0 Å². The van der Waals surface area contributed by atoms with Gasteiger partial charge in [0.05, 0.1) is 4.92 Å². The number of benzene rings is 1. The van der Waals surface area contributed by atoms with Crippen molar-refractivity contribution in [2.45, 2.75) is 33.1 Å². The Kier molecular flexibility index (Phi) is 5.02. The van der Waals surface area contributed by atoms with Crippen LogP contribution in [0.25, 0.3) is 0 Å². The molecule has 2 aliphatic heterocycles. The first kappa shape index (κ1) is 17.5. The standard InChI is InChI=1S/C18H26ClN3O2/c1-3-15-11-16(14(2)10-17(15)22(23)24)21-7-4-18(5-8-21)12-20(13-18)9-6-19/h10-11H,3-9,12-13H2,1-2H3. The molecule has 1 aromatic carbocycles. The number of likely N-dealkylation sites (tertiary alicyclic amines) is 1. The van der Waals surface area contributed by atoms with Crippen LogP contribution in [0.1, 0.15) is 30.9 Å². The Morgan fingerprint density at radius 2 is 1.96 bits per heavy atom. The van der Waals surface area contributed by atoms with Crippen LogP contribution >= 0.6 is 11.6 Å². The van der Waals surface area contributed by atoms with Crippen molar-refractivity contribution in [2.24, 2.45) is 5.41 Å². The van der Waals surface area contributed by atoms with Gasteiger partial charge in [0.15, 0.2) is 0 Å². The number of piperidine rings is 1. The summed E-state index contributed by atoms with van der Waals surface area (Å²) in [5.74, 6) is 0.712. The molecule has 0 unspecified atom stereocenters. The maximum absolute atomic E-state index is 11.2. The number of rotatable bonds is 5. The molecule has 2 saturated heterocycles. The minimum Gasteiger partial charge on any atom is -0.371 e. The fourth-order valence-electron chi connectivity index (χ4n) is 4.24. The number of nitro benzene ring substituents is 1. The molecular weight excluding hydrogens is 326 g/mol. The van der Waals surface area contributed by atoms with Crippen LogP contribution < -0.4 is 4.90 Å². The lowest BCUT2D eigenvalue weighted by Gasteiger charge is -2.54. The molecule has 1 aromatic rings. The molecular formula is C18H26ClN3O2. The van der Waals surface area contributed by atoms with Crippen LogP contribution in [0.3, 0.4) is 0 Å². The number of nitrogens with zero attached hydrogens (tertiary/aromatic N) is 3. The van der Waals surface area contributed by atoms with Crippen molar-refractivity contribution in [2.75, 3.05) is 43.5 Å². The van der Waals surface area contributed by atoms with Gasteiger partial charge in [0.2, 0.25) is 0 Å². The number of anilines is 1. The molecule has 0 saturated carbocycles.